The maximum Gasteiger partial charge on any atom is 1.00 e. The largest absolute Gasteiger partial charge is 1.00 e. The topological polar surface area (TPSA) is 98.5 Å². The van der Waals surface area contributed by atoms with Crippen LogP contribution in [0.1, 0.15) is 68.7 Å². The summed E-state index contributed by atoms with van der Waals surface area (Å²) < 4.78 is 4.57. The minimum Gasteiger partial charge on any atom is -1.00 e. The van der Waals surface area contributed by atoms with Crippen molar-refractivity contribution in [2.45, 2.75) is 78.3 Å². The van der Waals surface area contributed by atoms with E-state index >= 15 is 0 Å². The van der Waals surface area contributed by atoms with E-state index in [2.05, 4.69) is 30.8 Å². The molecule has 29 heavy (non-hydrogen) atoms. The number of hydrogen-bond donors (Lipinski definition) is 1. The number of carbonyl (C=O) groups excluding carboxylic acids is 2. The van der Waals surface area contributed by atoms with Crippen LogP contribution >= 0.6 is 20.4 Å². The fourth-order valence-electron chi connectivity index (χ4n) is 2.76. The second-order valence-corrected chi connectivity index (χ2v) is 9.26. The molecule has 2 unspecified atom stereocenters. The standard InChI is InChI=1S/C9H17NO4.C8H15NO.B.2ClH.Na.Ni.H/c1-5-7(8(11)14-4)6-9(2,3)10(12)13;1-4-6-5-8(2,3)9-7(6)10;;;;;;/h7H,5-6H2,1-4H3;6H,4-5H2,1-3H3,(H,9,10);;2*1H;;;/q;;;;;+1;+2;-1/p-2. The summed E-state index contributed by atoms with van der Waals surface area (Å²) in [4.78, 5) is 32.6. The van der Waals surface area contributed by atoms with Gasteiger partial charge in [0.1, 0.15) is 0 Å². The van der Waals surface area contributed by atoms with Crippen molar-refractivity contribution in [2.24, 2.45) is 11.8 Å². The van der Waals surface area contributed by atoms with Crippen LogP contribution in [0.3, 0.4) is 0 Å². The van der Waals surface area contributed by atoms with Crippen LogP contribution in [-0.4, -0.2) is 43.4 Å². The normalized spacial score (nSPS) is 17.7. The number of methoxy groups -OCH3 is 1. The average Bonchev–Trinajstić information content (AvgIpc) is 2.85. The first-order valence-corrected chi connectivity index (χ1v) is 11.4. The number of nitrogens with one attached hydrogen (secondary N) is 1. The molecule has 12 heteroatoms. The molecule has 0 aromatic carbocycles. The van der Waals surface area contributed by atoms with Crippen LogP contribution in [0.15, 0.2) is 0 Å². The Balaban J connectivity index is -0.000000116. The van der Waals surface area contributed by atoms with E-state index < -0.39 is 5.54 Å². The first-order chi connectivity index (χ1) is 12.3. The first kappa shape index (κ1) is 36.8. The van der Waals surface area contributed by atoms with Gasteiger partial charge in [0.05, 0.1) is 13.0 Å². The molecule has 0 aromatic heterocycles. The molecule has 0 aromatic rings. The summed E-state index contributed by atoms with van der Waals surface area (Å²) in [5.41, 5.74) is -1.04. The summed E-state index contributed by atoms with van der Waals surface area (Å²) in [5.74, 6) is -0.273. The van der Waals surface area contributed by atoms with Crippen molar-refractivity contribution in [2.75, 3.05) is 7.11 Å². The number of nitro groups is 1. The molecule has 0 aliphatic carbocycles. The molecule has 1 aliphatic heterocycles. The Kier molecular flexibility index (Phi) is 23.0. The minimum atomic E-state index is -1.07. The Morgan fingerprint density at radius 1 is 1.45 bits per heavy atom. The third-order valence-electron chi connectivity index (χ3n) is 4.35. The number of hydrogen-bond acceptors (Lipinski definition) is 5. The van der Waals surface area contributed by atoms with Gasteiger partial charge < -0.3 is 11.5 Å². The number of ether oxygens (including phenoxy) is 1. The smallest absolute Gasteiger partial charge is 1.00 e. The van der Waals surface area contributed by atoms with Crippen molar-refractivity contribution < 1.29 is 62.9 Å². The van der Waals surface area contributed by atoms with Crippen LogP contribution in [-0.2, 0) is 27.0 Å². The summed E-state index contributed by atoms with van der Waals surface area (Å²) in [6.45, 7) is 11.0. The molecular weight excluding hydrogens is 476 g/mol. The number of nitrogens with zero attached hydrogens (tertiary/aromatic N) is 1. The van der Waals surface area contributed by atoms with E-state index in [1.807, 2.05) is 6.92 Å². The average molecular weight is 509 g/mol. The van der Waals surface area contributed by atoms with Crippen LogP contribution < -0.4 is 34.9 Å². The molecule has 1 rings (SSSR count). The molecule has 1 saturated heterocycles. The Morgan fingerprint density at radius 3 is 2.10 bits per heavy atom. The Bertz CT molecular complexity index is 509. The zero-order chi connectivity index (χ0) is 21.8. The van der Waals surface area contributed by atoms with Gasteiger partial charge in [0.15, 0.2) is 0 Å². The van der Waals surface area contributed by atoms with Gasteiger partial charge in [0.2, 0.25) is 11.4 Å². The van der Waals surface area contributed by atoms with Crippen LogP contribution in [0.5, 0.6) is 0 Å². The Labute approximate surface area is 215 Å². The summed E-state index contributed by atoms with van der Waals surface area (Å²) in [7, 11) is 10.7. The van der Waals surface area contributed by atoms with Crippen molar-refractivity contribution in [3.05, 3.63) is 10.1 Å². The molecule has 7 nitrogen and oxygen atoms in total. The second kappa shape index (κ2) is 18.1. The quantitative estimate of drug-likeness (QED) is 0.250. The third-order valence-corrected chi connectivity index (χ3v) is 4.35. The maximum absolute atomic E-state index is 11.2. The van der Waals surface area contributed by atoms with Crippen molar-refractivity contribution >= 4 is 40.7 Å². The monoisotopic (exact) mass is 507 g/mol. The van der Waals surface area contributed by atoms with Gasteiger partial charge >= 0.3 is 68.6 Å². The van der Waals surface area contributed by atoms with Gasteiger partial charge in [-0.3, -0.25) is 19.7 Å². The fraction of sp³-hybridized carbons (Fsp3) is 0.882. The van der Waals surface area contributed by atoms with E-state index in [0.717, 1.165) is 12.8 Å². The van der Waals surface area contributed by atoms with Crippen LogP contribution in [0.25, 0.3) is 0 Å². The van der Waals surface area contributed by atoms with Gasteiger partial charge in [-0.1, -0.05) is 13.8 Å². The van der Waals surface area contributed by atoms with Crippen molar-refractivity contribution in [1.29, 1.82) is 0 Å². The molecule has 2 atom stereocenters. The van der Waals surface area contributed by atoms with Crippen LogP contribution in [0.4, 0.5) is 0 Å². The van der Waals surface area contributed by atoms with E-state index in [-0.39, 0.29) is 80.0 Å². The molecule has 1 fully saturated rings. The third kappa shape index (κ3) is 15.9. The molecule has 1 aliphatic rings. The van der Waals surface area contributed by atoms with Gasteiger partial charge in [-0.2, -0.15) is 0 Å². The predicted octanol–water partition coefficient (Wildman–Crippen LogP) is 1.05. The number of amides is 1. The van der Waals surface area contributed by atoms with Gasteiger partial charge in [0, 0.05) is 45.1 Å². The molecular formula is C17H33BCl2N2NaNiO5. The molecule has 1 amide bonds. The summed E-state index contributed by atoms with van der Waals surface area (Å²) in [5, 5.41) is 13.6. The van der Waals surface area contributed by atoms with E-state index in [1.54, 1.807) is 0 Å². The predicted molar refractivity (Wildman–Crippen MR) is 111 cm³/mol. The van der Waals surface area contributed by atoms with Crippen LogP contribution in [0.2, 0.25) is 0 Å². The molecule has 1 heterocycles. The van der Waals surface area contributed by atoms with Gasteiger partial charge in [-0.15, -0.1) is 0 Å². The molecule has 0 saturated carbocycles. The molecule has 0 bridgehead atoms. The van der Waals surface area contributed by atoms with Gasteiger partial charge in [0.25, 0.3) is 0 Å². The maximum atomic E-state index is 11.2. The number of halogens is 2. The Hall–Kier alpha value is 0.478. The van der Waals surface area contributed by atoms with Crippen LogP contribution in [0, 0.1) is 22.0 Å². The summed E-state index contributed by atoms with van der Waals surface area (Å²) in [6.07, 6.45) is 2.73. The van der Waals surface area contributed by atoms with E-state index in [1.165, 1.54) is 21.0 Å². The fourth-order valence-corrected chi connectivity index (χ4v) is 2.76. The van der Waals surface area contributed by atoms with Gasteiger partial charge in [-0.25, -0.2) is 0 Å². The molecule has 0 spiro atoms. The SMILES string of the molecule is CCC(CC(C)(C)[N+](=O)[O-])C(=O)OC.CCC1CC(C)(C)NC1=O.[B].[Cl][Ni][Cl].[H-].[Na+]. The summed E-state index contributed by atoms with van der Waals surface area (Å²) >= 11 is 0.569. The van der Waals surface area contributed by atoms with E-state index in [0.29, 0.717) is 19.1 Å². The Morgan fingerprint density at radius 2 is 1.90 bits per heavy atom. The van der Waals surface area contributed by atoms with E-state index in [4.69, 9.17) is 20.4 Å². The first-order valence-electron chi connectivity index (χ1n) is 8.68. The molecule has 1 N–H and O–H groups in total. The minimum absolute atomic E-state index is 0. The second-order valence-electron chi connectivity index (χ2n) is 7.63. The number of rotatable bonds is 6. The molecule has 169 valence electrons. The van der Waals surface area contributed by atoms with Crippen molar-refractivity contribution in [1.82, 2.24) is 5.32 Å². The van der Waals surface area contributed by atoms with Crippen molar-refractivity contribution in [3.8, 4) is 0 Å². The van der Waals surface area contributed by atoms with Crippen molar-refractivity contribution in [3.63, 3.8) is 0 Å². The zero-order valence-electron chi connectivity index (χ0n) is 19.6. The molecule has 3 radical (unpaired) electrons. The zero-order valence-corrected chi connectivity index (χ0v) is 23.1. The number of esters is 1. The van der Waals surface area contributed by atoms with Gasteiger partial charge in [-0.05, 0) is 33.1 Å². The number of carbonyl (C=O) groups is 2. The summed E-state index contributed by atoms with van der Waals surface area (Å²) in [6, 6.07) is 0. The van der Waals surface area contributed by atoms with E-state index in [9.17, 15) is 19.7 Å².